The zero-order chi connectivity index (χ0) is 15.6. The standard InChI is InChI=1S/C16H21IN2O2/c1-4-5-13-16(21)19(12-8-6-11(17)7-9-12)14(10(2)3)15(20)18-13/h6-10,13-14H,4-5H2,1-3H3,(H,18,20). The molecule has 2 atom stereocenters. The second-order valence-corrected chi connectivity index (χ2v) is 6.97. The maximum atomic E-state index is 12.8. The lowest BCUT2D eigenvalue weighted by atomic mass is 9.95. The maximum Gasteiger partial charge on any atom is 0.250 e. The van der Waals surface area contributed by atoms with Crippen LogP contribution in [0.15, 0.2) is 24.3 Å². The van der Waals surface area contributed by atoms with Crippen LogP contribution >= 0.6 is 22.6 Å². The van der Waals surface area contributed by atoms with Crippen LogP contribution in [0, 0.1) is 9.49 Å². The summed E-state index contributed by atoms with van der Waals surface area (Å²) in [4.78, 5) is 26.9. The lowest BCUT2D eigenvalue weighted by Gasteiger charge is -2.40. The monoisotopic (exact) mass is 400 g/mol. The van der Waals surface area contributed by atoms with Gasteiger partial charge < -0.3 is 5.32 Å². The van der Waals surface area contributed by atoms with E-state index >= 15 is 0 Å². The second kappa shape index (κ2) is 6.77. The minimum Gasteiger partial charge on any atom is -0.342 e. The van der Waals surface area contributed by atoms with E-state index in [4.69, 9.17) is 0 Å². The Balaban J connectivity index is 2.40. The molecule has 1 aliphatic rings. The Bertz CT molecular complexity index is 528. The van der Waals surface area contributed by atoms with Crippen LogP contribution in [-0.2, 0) is 9.59 Å². The number of benzene rings is 1. The average molecular weight is 400 g/mol. The van der Waals surface area contributed by atoms with E-state index in [9.17, 15) is 9.59 Å². The number of nitrogens with one attached hydrogen (secondary N) is 1. The van der Waals surface area contributed by atoms with Crippen molar-refractivity contribution in [2.24, 2.45) is 5.92 Å². The highest BCUT2D eigenvalue weighted by Gasteiger charge is 2.42. The number of nitrogens with zero attached hydrogens (tertiary/aromatic N) is 1. The first-order valence-corrected chi connectivity index (χ1v) is 8.42. The van der Waals surface area contributed by atoms with Gasteiger partial charge in [-0.3, -0.25) is 14.5 Å². The van der Waals surface area contributed by atoms with Gasteiger partial charge in [0, 0.05) is 9.26 Å². The number of rotatable bonds is 4. The van der Waals surface area contributed by atoms with Crippen LogP contribution in [0.2, 0.25) is 0 Å². The van der Waals surface area contributed by atoms with E-state index in [-0.39, 0.29) is 17.7 Å². The highest BCUT2D eigenvalue weighted by Crippen LogP contribution is 2.27. The smallest absolute Gasteiger partial charge is 0.250 e. The number of carbonyl (C=O) groups excluding carboxylic acids is 2. The lowest BCUT2D eigenvalue weighted by molar-refractivity contribution is -0.135. The van der Waals surface area contributed by atoms with Crippen molar-refractivity contribution in [3.63, 3.8) is 0 Å². The van der Waals surface area contributed by atoms with Crippen molar-refractivity contribution < 1.29 is 9.59 Å². The minimum atomic E-state index is -0.439. The fourth-order valence-corrected chi connectivity index (χ4v) is 3.08. The molecule has 1 aromatic rings. The number of hydrogen-bond acceptors (Lipinski definition) is 2. The van der Waals surface area contributed by atoms with Gasteiger partial charge in [0.25, 0.3) is 0 Å². The predicted molar refractivity (Wildman–Crippen MR) is 92.1 cm³/mol. The van der Waals surface area contributed by atoms with E-state index in [2.05, 4.69) is 27.9 Å². The van der Waals surface area contributed by atoms with Gasteiger partial charge in [-0.25, -0.2) is 0 Å². The average Bonchev–Trinajstić information content (AvgIpc) is 2.43. The predicted octanol–water partition coefficient (Wildman–Crippen LogP) is 2.95. The summed E-state index contributed by atoms with van der Waals surface area (Å²) < 4.78 is 1.11. The molecular formula is C16H21IN2O2. The molecule has 2 amide bonds. The molecule has 0 aromatic heterocycles. The first kappa shape index (κ1) is 16.3. The summed E-state index contributed by atoms with van der Waals surface area (Å²) in [6.45, 7) is 5.96. The molecule has 2 rings (SSSR count). The summed E-state index contributed by atoms with van der Waals surface area (Å²) in [6, 6.07) is 6.90. The number of amides is 2. The van der Waals surface area contributed by atoms with Crippen LogP contribution in [0.3, 0.4) is 0 Å². The molecule has 114 valence electrons. The molecule has 21 heavy (non-hydrogen) atoms. The number of halogens is 1. The third kappa shape index (κ3) is 3.39. The number of piperazine rings is 1. The molecule has 2 unspecified atom stereocenters. The van der Waals surface area contributed by atoms with Gasteiger partial charge in [-0.1, -0.05) is 27.2 Å². The van der Waals surface area contributed by atoms with Crippen molar-refractivity contribution in [3.8, 4) is 0 Å². The Labute approximate surface area is 139 Å². The highest BCUT2D eigenvalue weighted by atomic mass is 127. The topological polar surface area (TPSA) is 49.4 Å². The molecule has 1 N–H and O–H groups in total. The minimum absolute atomic E-state index is 0.00337. The Morgan fingerprint density at radius 1 is 1.24 bits per heavy atom. The van der Waals surface area contributed by atoms with E-state index in [0.29, 0.717) is 6.42 Å². The third-order valence-electron chi connectivity index (χ3n) is 3.71. The SMILES string of the molecule is CCCC1NC(=O)C(C(C)C)N(c2ccc(I)cc2)C1=O. The number of carbonyl (C=O) groups is 2. The third-order valence-corrected chi connectivity index (χ3v) is 4.43. The Morgan fingerprint density at radius 3 is 2.38 bits per heavy atom. The lowest BCUT2D eigenvalue weighted by Crippen LogP contribution is -2.65. The van der Waals surface area contributed by atoms with E-state index in [1.54, 1.807) is 4.90 Å². The second-order valence-electron chi connectivity index (χ2n) is 5.72. The molecule has 1 fully saturated rings. The summed E-state index contributed by atoms with van der Waals surface area (Å²) in [5, 5.41) is 2.88. The highest BCUT2D eigenvalue weighted by molar-refractivity contribution is 14.1. The molecule has 1 aromatic carbocycles. The molecule has 1 aliphatic heterocycles. The van der Waals surface area contributed by atoms with E-state index < -0.39 is 12.1 Å². The van der Waals surface area contributed by atoms with Gasteiger partial charge in [-0.2, -0.15) is 0 Å². The van der Waals surface area contributed by atoms with Crippen molar-refractivity contribution in [2.45, 2.75) is 45.7 Å². The van der Waals surface area contributed by atoms with E-state index in [1.165, 1.54) is 0 Å². The molecule has 1 heterocycles. The zero-order valence-corrected chi connectivity index (χ0v) is 14.8. The molecule has 4 nitrogen and oxygen atoms in total. The molecule has 0 radical (unpaired) electrons. The molecule has 5 heteroatoms. The number of hydrogen-bond donors (Lipinski definition) is 1. The van der Waals surface area contributed by atoms with Gasteiger partial charge in [0.1, 0.15) is 12.1 Å². The summed E-state index contributed by atoms with van der Waals surface area (Å²) in [6.07, 6.45) is 1.54. The largest absolute Gasteiger partial charge is 0.342 e. The zero-order valence-electron chi connectivity index (χ0n) is 12.6. The van der Waals surface area contributed by atoms with Crippen LogP contribution in [0.1, 0.15) is 33.6 Å². The normalized spacial score (nSPS) is 22.6. The van der Waals surface area contributed by atoms with Crippen LogP contribution in [-0.4, -0.2) is 23.9 Å². The summed E-state index contributed by atoms with van der Waals surface area (Å²) in [7, 11) is 0. The van der Waals surface area contributed by atoms with Crippen molar-refractivity contribution >= 4 is 40.1 Å². The van der Waals surface area contributed by atoms with Crippen LogP contribution in [0.5, 0.6) is 0 Å². The summed E-state index contributed by atoms with van der Waals surface area (Å²) in [5.41, 5.74) is 0.801. The molecule has 0 spiro atoms. The van der Waals surface area contributed by atoms with E-state index in [0.717, 1.165) is 15.7 Å². The molecule has 1 saturated heterocycles. The first-order valence-electron chi connectivity index (χ1n) is 7.34. The molecule has 0 aliphatic carbocycles. The Kier molecular flexibility index (Phi) is 5.24. The molecule has 0 saturated carbocycles. The summed E-state index contributed by atoms with van der Waals surface area (Å²) >= 11 is 2.23. The molecule has 0 bridgehead atoms. The van der Waals surface area contributed by atoms with Crippen molar-refractivity contribution in [1.29, 1.82) is 0 Å². The quantitative estimate of drug-likeness (QED) is 0.791. The summed E-state index contributed by atoms with van der Waals surface area (Å²) in [5.74, 6) is 0.00811. The van der Waals surface area contributed by atoms with Gasteiger partial charge in [-0.05, 0) is 59.2 Å². The van der Waals surface area contributed by atoms with Crippen molar-refractivity contribution in [3.05, 3.63) is 27.8 Å². The van der Waals surface area contributed by atoms with Crippen molar-refractivity contribution in [2.75, 3.05) is 4.90 Å². The van der Waals surface area contributed by atoms with Gasteiger partial charge >= 0.3 is 0 Å². The number of anilines is 1. The van der Waals surface area contributed by atoms with Gasteiger partial charge in [0.05, 0.1) is 0 Å². The fraction of sp³-hybridized carbons (Fsp3) is 0.500. The van der Waals surface area contributed by atoms with Crippen LogP contribution < -0.4 is 10.2 Å². The van der Waals surface area contributed by atoms with Gasteiger partial charge in [0.2, 0.25) is 11.8 Å². The van der Waals surface area contributed by atoms with E-state index in [1.807, 2.05) is 45.0 Å². The van der Waals surface area contributed by atoms with Gasteiger partial charge in [0.15, 0.2) is 0 Å². The fourth-order valence-electron chi connectivity index (χ4n) is 2.72. The van der Waals surface area contributed by atoms with Crippen molar-refractivity contribution in [1.82, 2.24) is 5.32 Å². The maximum absolute atomic E-state index is 12.8. The Morgan fingerprint density at radius 2 is 1.86 bits per heavy atom. The molecular weight excluding hydrogens is 379 g/mol. The van der Waals surface area contributed by atoms with Crippen LogP contribution in [0.4, 0.5) is 5.69 Å². The van der Waals surface area contributed by atoms with Crippen LogP contribution in [0.25, 0.3) is 0 Å². The van der Waals surface area contributed by atoms with Gasteiger partial charge in [-0.15, -0.1) is 0 Å². The first-order chi connectivity index (χ1) is 9.95. The Hall–Kier alpha value is -1.11.